The summed E-state index contributed by atoms with van der Waals surface area (Å²) >= 11 is 0. The Morgan fingerprint density at radius 2 is 0.574 bits per heavy atom. The largest absolute Gasteiger partial charge is 0.481 e. The minimum atomic E-state index is -0.925. The van der Waals surface area contributed by atoms with Gasteiger partial charge in [-0.05, 0) is 63.2 Å². The Balaban J connectivity index is 4.66. The first-order valence-corrected chi connectivity index (χ1v) is 31.5. The number of rotatable bonds is 58. The van der Waals surface area contributed by atoms with Crippen LogP contribution >= 0.6 is 0 Å². The Kier molecular flexibility index (Phi) is 52.8. The summed E-state index contributed by atoms with van der Waals surface area (Å²) in [6, 6.07) is -0.846. The molecule has 0 rings (SSSR count). The molecule has 5 nitrogen and oxygen atoms in total. The number of carboxylic acids is 1. The highest BCUT2D eigenvalue weighted by Crippen LogP contribution is 2.42. The van der Waals surface area contributed by atoms with Crippen LogP contribution in [0.3, 0.4) is 0 Å². The van der Waals surface area contributed by atoms with E-state index in [1.807, 2.05) is 0 Å². The van der Waals surface area contributed by atoms with Gasteiger partial charge < -0.3 is 15.6 Å². The first-order chi connectivity index (χ1) is 33.3. The highest BCUT2D eigenvalue weighted by atomic mass is 16.5. The molecule has 0 radical (unpaired) electrons. The van der Waals surface area contributed by atoms with Gasteiger partial charge >= 0.3 is 11.9 Å². The molecule has 0 aromatic heterocycles. The van der Waals surface area contributed by atoms with E-state index in [1.165, 1.54) is 308 Å². The van der Waals surface area contributed by atoms with Gasteiger partial charge in [0.15, 0.2) is 0 Å². The normalized spacial score (nSPS) is 12.8. The molecular weight excluding hydrogens is 835 g/mol. The number of carbonyl (C=O) groups excluding carboxylic acids is 1. The first kappa shape index (κ1) is 66.9. The van der Waals surface area contributed by atoms with Crippen LogP contribution in [-0.4, -0.2) is 29.2 Å². The van der Waals surface area contributed by atoms with Crippen molar-refractivity contribution in [2.45, 2.75) is 387 Å². The Labute approximate surface area is 427 Å². The molecular formula is C63H125NO4. The van der Waals surface area contributed by atoms with Gasteiger partial charge in [0, 0.05) is 6.42 Å². The molecule has 0 heterocycles. The summed E-state index contributed by atoms with van der Waals surface area (Å²) in [7, 11) is 0. The number of carboxylic acid groups (broad SMARTS) is 1. The molecule has 3 N–H and O–H groups in total. The third-order valence-electron chi connectivity index (χ3n) is 15.8. The van der Waals surface area contributed by atoms with Gasteiger partial charge in [-0.3, -0.25) is 9.59 Å². The third-order valence-corrected chi connectivity index (χ3v) is 15.8. The van der Waals surface area contributed by atoms with Crippen molar-refractivity contribution in [1.82, 2.24) is 0 Å². The molecule has 0 amide bonds. The van der Waals surface area contributed by atoms with E-state index in [2.05, 4.69) is 27.7 Å². The Hall–Kier alpha value is -1.10. The number of aliphatic carboxylic acids is 1. The van der Waals surface area contributed by atoms with Crippen LogP contribution in [0.4, 0.5) is 0 Å². The zero-order valence-corrected chi connectivity index (χ0v) is 47.1. The second-order valence-electron chi connectivity index (χ2n) is 22.5. The van der Waals surface area contributed by atoms with Crippen molar-refractivity contribution < 1.29 is 19.4 Å². The molecule has 2 atom stereocenters. The molecule has 0 aromatic carbocycles. The average molecular weight is 961 g/mol. The molecule has 0 fully saturated rings. The van der Waals surface area contributed by atoms with Gasteiger partial charge in [-0.25, -0.2) is 0 Å². The zero-order valence-electron chi connectivity index (χ0n) is 47.1. The molecule has 0 spiro atoms. The Morgan fingerprint density at radius 3 is 0.809 bits per heavy atom. The zero-order chi connectivity index (χ0) is 49.7. The van der Waals surface area contributed by atoms with E-state index in [0.29, 0.717) is 5.41 Å². The molecule has 68 heavy (non-hydrogen) atoms. The number of hydrogen-bond donors (Lipinski definition) is 2. The van der Waals surface area contributed by atoms with E-state index in [4.69, 9.17) is 15.6 Å². The second kappa shape index (κ2) is 53.7. The quantitative estimate of drug-likeness (QED) is 0.0468. The van der Waals surface area contributed by atoms with Crippen LogP contribution in [0.25, 0.3) is 0 Å². The molecule has 0 aromatic rings. The van der Waals surface area contributed by atoms with Gasteiger partial charge in [-0.1, -0.05) is 310 Å². The average Bonchev–Trinajstić information content (AvgIpc) is 3.33. The van der Waals surface area contributed by atoms with Gasteiger partial charge in [-0.2, -0.15) is 0 Å². The fraction of sp³-hybridized carbons (Fsp3) is 0.968. The molecule has 0 saturated heterocycles. The lowest BCUT2D eigenvalue weighted by molar-refractivity contribution is -0.151. The lowest BCUT2D eigenvalue weighted by Crippen LogP contribution is -2.35. The number of carbonyl (C=O) groups is 2. The lowest BCUT2D eigenvalue weighted by Gasteiger charge is -2.35. The van der Waals surface area contributed by atoms with E-state index in [9.17, 15) is 9.59 Å². The highest BCUT2D eigenvalue weighted by molar-refractivity contribution is 5.76. The summed E-state index contributed by atoms with van der Waals surface area (Å²) in [4.78, 5) is 23.6. The molecule has 0 bridgehead atoms. The van der Waals surface area contributed by atoms with Gasteiger partial charge in [0.1, 0.15) is 12.1 Å². The predicted molar refractivity (Wildman–Crippen MR) is 300 cm³/mol. The van der Waals surface area contributed by atoms with E-state index in [0.717, 1.165) is 25.7 Å². The van der Waals surface area contributed by atoms with Crippen LogP contribution in [0.5, 0.6) is 0 Å². The Bertz CT molecular complexity index is 991. The number of unbranched alkanes of at least 4 members (excludes halogenated alkanes) is 41. The summed E-state index contributed by atoms with van der Waals surface area (Å²) in [6.45, 7) is 9.25. The monoisotopic (exact) mass is 960 g/mol. The summed E-state index contributed by atoms with van der Waals surface area (Å²) in [6.07, 6.45) is 71.7. The van der Waals surface area contributed by atoms with Crippen LogP contribution in [0.2, 0.25) is 0 Å². The number of nitrogens with two attached hydrogens (primary N) is 1. The van der Waals surface area contributed by atoms with E-state index < -0.39 is 18.0 Å². The predicted octanol–water partition coefficient (Wildman–Crippen LogP) is 21.4. The summed E-state index contributed by atoms with van der Waals surface area (Å²) in [5.74, 6) is -1.35. The van der Waals surface area contributed by atoms with Crippen LogP contribution in [0, 0.1) is 5.41 Å². The fourth-order valence-electron chi connectivity index (χ4n) is 11.1. The van der Waals surface area contributed by atoms with Crippen LogP contribution in [-0.2, 0) is 14.3 Å². The minimum absolute atomic E-state index is 0.0913. The molecule has 0 saturated carbocycles. The van der Waals surface area contributed by atoms with Crippen LogP contribution in [0.1, 0.15) is 374 Å². The van der Waals surface area contributed by atoms with E-state index in [1.54, 1.807) is 0 Å². The summed E-state index contributed by atoms with van der Waals surface area (Å²) in [5, 5.41) is 8.98. The first-order valence-electron chi connectivity index (χ1n) is 31.5. The van der Waals surface area contributed by atoms with Crippen molar-refractivity contribution in [3.05, 3.63) is 0 Å². The third kappa shape index (κ3) is 47.2. The van der Waals surface area contributed by atoms with E-state index >= 15 is 0 Å². The number of esters is 1. The van der Waals surface area contributed by atoms with Gasteiger partial charge in [0.05, 0.1) is 0 Å². The maximum atomic E-state index is 12.6. The van der Waals surface area contributed by atoms with Gasteiger partial charge in [0.2, 0.25) is 0 Å². The van der Waals surface area contributed by atoms with Gasteiger partial charge in [-0.15, -0.1) is 0 Å². The van der Waals surface area contributed by atoms with E-state index in [-0.39, 0.29) is 18.9 Å². The molecule has 406 valence electrons. The van der Waals surface area contributed by atoms with Crippen molar-refractivity contribution in [2.75, 3.05) is 0 Å². The molecule has 0 aliphatic carbocycles. The van der Waals surface area contributed by atoms with Crippen molar-refractivity contribution in [3.63, 3.8) is 0 Å². The van der Waals surface area contributed by atoms with Crippen molar-refractivity contribution in [3.8, 4) is 0 Å². The molecule has 5 heteroatoms. The van der Waals surface area contributed by atoms with Crippen molar-refractivity contribution in [1.29, 1.82) is 0 Å². The van der Waals surface area contributed by atoms with Gasteiger partial charge in [0.25, 0.3) is 0 Å². The smallest absolute Gasteiger partial charge is 0.323 e. The standard InChI is InChI=1S/C63H125NO4/c1-5-9-13-17-21-23-32-36-42-48-56-63(55-47-41-20-16-12-8-4,57-49-43-37-33-24-22-18-14-10-6-2)58-50-44-38-34-30-28-26-25-27-29-31-35-40-46-52-59(51-45-39-19-15-11-7-3)68-62(67)60(64)53-54-61(65)66/h59-60H,5-58,64H2,1-4H3,(H,65,66). The molecule has 0 aliphatic heterocycles. The minimum Gasteiger partial charge on any atom is -0.481 e. The lowest BCUT2D eigenvalue weighted by atomic mass is 9.70. The second-order valence-corrected chi connectivity index (χ2v) is 22.5. The van der Waals surface area contributed by atoms with Crippen LogP contribution in [0.15, 0.2) is 0 Å². The molecule has 0 aliphatic rings. The van der Waals surface area contributed by atoms with Crippen LogP contribution < -0.4 is 5.73 Å². The number of hydrogen-bond acceptors (Lipinski definition) is 4. The Morgan fingerprint density at radius 1 is 0.353 bits per heavy atom. The SMILES string of the molecule is CCCCCCCCCCCCC(CCCCCCCC)(CCCCCCCCCCCC)CCCCCCCCCCCCCCCCC(CCCCCCCC)OC(=O)C(N)CCC(=O)O. The van der Waals surface area contributed by atoms with Crippen molar-refractivity contribution in [2.24, 2.45) is 11.1 Å². The fourth-order valence-corrected chi connectivity index (χ4v) is 11.1. The number of ether oxygens (including phenoxy) is 1. The highest BCUT2D eigenvalue weighted by Gasteiger charge is 2.28. The van der Waals surface area contributed by atoms with Crippen molar-refractivity contribution >= 4 is 11.9 Å². The summed E-state index contributed by atoms with van der Waals surface area (Å²) in [5.41, 5.74) is 6.60. The maximum Gasteiger partial charge on any atom is 0.323 e. The maximum absolute atomic E-state index is 12.6. The summed E-state index contributed by atoms with van der Waals surface area (Å²) < 4.78 is 5.84. The topological polar surface area (TPSA) is 89.6 Å². The molecule has 2 unspecified atom stereocenters.